The van der Waals surface area contributed by atoms with Gasteiger partial charge in [0.05, 0.1) is 37.5 Å². The van der Waals surface area contributed by atoms with Gasteiger partial charge in [0.2, 0.25) is 0 Å². The number of aliphatic hydroxyl groups excluding tert-OH is 1. The highest BCUT2D eigenvalue weighted by Gasteiger charge is 2.47. The number of Topliss-reactive ketones (excluding diaryl/α,β-unsaturated/α-hetero) is 1. The number of methoxy groups -OCH3 is 2. The summed E-state index contributed by atoms with van der Waals surface area (Å²) in [6.45, 7) is 2.18. The number of rotatable bonds is 8. The Labute approximate surface area is 226 Å². The fraction of sp³-hybridized carbons (Fsp3) is 0.241. The summed E-state index contributed by atoms with van der Waals surface area (Å²) in [5.41, 5.74) is 2.22. The molecule has 9 heteroatoms. The lowest BCUT2D eigenvalue weighted by molar-refractivity contribution is -0.132. The maximum Gasteiger partial charge on any atom is 0.300 e. The first-order chi connectivity index (χ1) is 18.2. The first kappa shape index (κ1) is 26.9. The van der Waals surface area contributed by atoms with E-state index in [0.717, 1.165) is 5.69 Å². The van der Waals surface area contributed by atoms with Crippen molar-refractivity contribution in [3.05, 3.63) is 82.4 Å². The molecule has 1 N–H and O–H groups in total. The third-order valence-corrected chi connectivity index (χ3v) is 6.63. The van der Waals surface area contributed by atoms with Gasteiger partial charge in [-0.05, 0) is 67.1 Å². The van der Waals surface area contributed by atoms with Crippen molar-refractivity contribution in [1.82, 2.24) is 0 Å². The predicted molar refractivity (Wildman–Crippen MR) is 148 cm³/mol. The minimum atomic E-state index is -0.939. The van der Waals surface area contributed by atoms with Gasteiger partial charge in [0.1, 0.15) is 11.5 Å². The van der Waals surface area contributed by atoms with Crippen LogP contribution in [0, 0.1) is 0 Å². The van der Waals surface area contributed by atoms with Crippen molar-refractivity contribution in [1.29, 1.82) is 0 Å². The van der Waals surface area contributed by atoms with Gasteiger partial charge in [0.15, 0.2) is 11.5 Å². The Morgan fingerprint density at radius 3 is 2.24 bits per heavy atom. The number of halogens is 1. The topological polar surface area (TPSA) is 88.5 Å². The highest BCUT2D eigenvalue weighted by Crippen LogP contribution is 2.44. The van der Waals surface area contributed by atoms with Crippen molar-refractivity contribution < 1.29 is 28.9 Å². The minimum absolute atomic E-state index is 0.0660. The lowest BCUT2D eigenvalue weighted by Gasteiger charge is -2.26. The van der Waals surface area contributed by atoms with Gasteiger partial charge in [-0.2, -0.15) is 0 Å². The third-order valence-electron chi connectivity index (χ3n) is 6.32. The normalized spacial score (nSPS) is 16.5. The summed E-state index contributed by atoms with van der Waals surface area (Å²) in [6.07, 6.45) is 0. The smallest absolute Gasteiger partial charge is 0.300 e. The zero-order valence-electron chi connectivity index (χ0n) is 21.8. The van der Waals surface area contributed by atoms with Gasteiger partial charge in [0, 0.05) is 31.0 Å². The molecule has 0 saturated carbocycles. The average molecular weight is 537 g/mol. The Bertz CT molecular complexity index is 1400. The Morgan fingerprint density at radius 1 is 0.947 bits per heavy atom. The molecule has 0 bridgehead atoms. The van der Waals surface area contributed by atoms with Crippen LogP contribution in [-0.4, -0.2) is 51.7 Å². The summed E-state index contributed by atoms with van der Waals surface area (Å²) in [5.74, 6) is -0.649. The van der Waals surface area contributed by atoms with Crippen molar-refractivity contribution in [2.45, 2.75) is 13.0 Å². The van der Waals surface area contributed by atoms with Gasteiger partial charge in [-0.1, -0.05) is 17.7 Å². The number of ketones is 1. The number of ether oxygens (including phenoxy) is 3. The van der Waals surface area contributed by atoms with E-state index in [-0.39, 0.29) is 11.3 Å². The van der Waals surface area contributed by atoms with Crippen LogP contribution in [0.4, 0.5) is 11.4 Å². The maximum atomic E-state index is 13.5. The summed E-state index contributed by atoms with van der Waals surface area (Å²) >= 11 is 6.23. The van der Waals surface area contributed by atoms with E-state index in [4.69, 9.17) is 25.8 Å². The molecule has 4 rings (SSSR count). The molecule has 1 unspecified atom stereocenters. The summed E-state index contributed by atoms with van der Waals surface area (Å²) in [7, 11) is 6.84. The van der Waals surface area contributed by atoms with Gasteiger partial charge in [-0.15, -0.1) is 0 Å². The largest absolute Gasteiger partial charge is 0.507 e. The standard InChI is InChI=1S/C29H29ClN2O6/c1-6-38-23-16-18(7-13-21(23)30)27(33)25-26(17-8-14-22(36-4)24(15-17)37-5)32(29(35)28(25)34)20-11-9-19(10-12-20)31(2)3/h7-16,26,33H,6H2,1-5H3/b27-25-. The monoisotopic (exact) mass is 536 g/mol. The summed E-state index contributed by atoms with van der Waals surface area (Å²) in [5, 5.41) is 11.8. The molecule has 1 atom stereocenters. The van der Waals surface area contributed by atoms with E-state index in [0.29, 0.717) is 45.7 Å². The molecule has 198 valence electrons. The van der Waals surface area contributed by atoms with Crippen LogP contribution < -0.4 is 24.0 Å². The van der Waals surface area contributed by atoms with E-state index < -0.39 is 17.7 Å². The fourth-order valence-electron chi connectivity index (χ4n) is 4.42. The molecule has 1 saturated heterocycles. The number of anilines is 2. The van der Waals surface area contributed by atoms with E-state index in [1.54, 1.807) is 48.5 Å². The molecule has 8 nitrogen and oxygen atoms in total. The minimum Gasteiger partial charge on any atom is -0.507 e. The van der Waals surface area contributed by atoms with E-state index >= 15 is 0 Å². The Hall–Kier alpha value is -4.17. The van der Waals surface area contributed by atoms with E-state index in [1.807, 2.05) is 38.1 Å². The van der Waals surface area contributed by atoms with Crippen molar-refractivity contribution in [3.63, 3.8) is 0 Å². The molecule has 0 aromatic heterocycles. The molecule has 1 aliphatic heterocycles. The van der Waals surface area contributed by atoms with Gasteiger partial charge in [0.25, 0.3) is 11.7 Å². The maximum absolute atomic E-state index is 13.5. The molecular weight excluding hydrogens is 508 g/mol. The zero-order valence-corrected chi connectivity index (χ0v) is 22.6. The molecular formula is C29H29ClN2O6. The van der Waals surface area contributed by atoms with Crippen LogP contribution in [0.2, 0.25) is 5.02 Å². The number of amides is 1. The molecule has 1 aliphatic rings. The van der Waals surface area contributed by atoms with Crippen LogP contribution in [0.5, 0.6) is 17.2 Å². The molecule has 0 aliphatic carbocycles. The molecule has 3 aromatic carbocycles. The van der Waals surface area contributed by atoms with Crippen LogP contribution in [-0.2, 0) is 9.59 Å². The second-order valence-corrected chi connectivity index (χ2v) is 9.18. The molecule has 0 spiro atoms. The first-order valence-corrected chi connectivity index (χ1v) is 12.3. The van der Waals surface area contributed by atoms with Gasteiger partial charge < -0.3 is 24.2 Å². The lowest BCUT2D eigenvalue weighted by atomic mass is 9.94. The Balaban J connectivity index is 1.94. The zero-order chi connectivity index (χ0) is 27.6. The summed E-state index contributed by atoms with van der Waals surface area (Å²) < 4.78 is 16.4. The second kappa shape index (κ2) is 11.1. The average Bonchev–Trinajstić information content (AvgIpc) is 3.19. The van der Waals surface area contributed by atoms with Crippen LogP contribution in [0.3, 0.4) is 0 Å². The highest BCUT2D eigenvalue weighted by molar-refractivity contribution is 6.51. The number of nitrogens with zero attached hydrogens (tertiary/aromatic N) is 2. The summed E-state index contributed by atoms with van der Waals surface area (Å²) in [4.78, 5) is 30.3. The highest BCUT2D eigenvalue weighted by atomic mass is 35.5. The van der Waals surface area contributed by atoms with E-state index in [2.05, 4.69) is 0 Å². The number of hydrogen-bond acceptors (Lipinski definition) is 7. The molecule has 0 radical (unpaired) electrons. The Morgan fingerprint density at radius 2 is 1.63 bits per heavy atom. The van der Waals surface area contributed by atoms with Crippen molar-refractivity contribution in [2.75, 3.05) is 44.7 Å². The quantitative estimate of drug-likeness (QED) is 0.233. The number of aliphatic hydroxyl groups is 1. The van der Waals surface area contributed by atoms with E-state index in [1.165, 1.54) is 19.1 Å². The van der Waals surface area contributed by atoms with Crippen LogP contribution >= 0.6 is 11.6 Å². The van der Waals surface area contributed by atoms with Gasteiger partial charge in [-0.25, -0.2) is 0 Å². The number of carbonyl (C=O) groups is 2. The van der Waals surface area contributed by atoms with Crippen LogP contribution in [0.25, 0.3) is 5.76 Å². The number of benzene rings is 3. The van der Waals surface area contributed by atoms with Crippen molar-refractivity contribution in [3.8, 4) is 17.2 Å². The number of carbonyl (C=O) groups excluding carboxylic acids is 2. The SMILES string of the molecule is CCOc1cc(/C(O)=C2/C(=O)C(=O)N(c3ccc(N(C)C)cc3)C2c2ccc(OC)c(OC)c2)ccc1Cl. The van der Waals surface area contributed by atoms with Crippen LogP contribution in [0.1, 0.15) is 24.1 Å². The van der Waals surface area contributed by atoms with E-state index in [9.17, 15) is 14.7 Å². The van der Waals surface area contributed by atoms with Crippen LogP contribution in [0.15, 0.2) is 66.2 Å². The number of hydrogen-bond donors (Lipinski definition) is 1. The predicted octanol–water partition coefficient (Wildman–Crippen LogP) is 5.45. The first-order valence-electron chi connectivity index (χ1n) is 11.9. The van der Waals surface area contributed by atoms with Gasteiger partial charge >= 0.3 is 0 Å². The molecule has 38 heavy (non-hydrogen) atoms. The van der Waals surface area contributed by atoms with Crippen molar-refractivity contribution >= 4 is 40.4 Å². The molecule has 1 heterocycles. The Kier molecular flexibility index (Phi) is 7.83. The molecule has 3 aromatic rings. The third kappa shape index (κ3) is 4.87. The second-order valence-electron chi connectivity index (χ2n) is 8.77. The molecule has 1 fully saturated rings. The lowest BCUT2D eigenvalue weighted by Crippen LogP contribution is -2.29. The molecule has 1 amide bonds. The van der Waals surface area contributed by atoms with Gasteiger partial charge in [-0.3, -0.25) is 14.5 Å². The fourth-order valence-corrected chi connectivity index (χ4v) is 4.59. The van der Waals surface area contributed by atoms with Crippen molar-refractivity contribution in [2.24, 2.45) is 0 Å². The summed E-state index contributed by atoms with van der Waals surface area (Å²) in [6, 6.07) is 16.1.